The van der Waals surface area contributed by atoms with Gasteiger partial charge in [-0.25, -0.2) is 0 Å². The first-order valence-electron chi connectivity index (χ1n) is 4.93. The molecule has 15 heavy (non-hydrogen) atoms. The molecular weight excluding hydrogens is 228 g/mol. The van der Waals surface area contributed by atoms with Gasteiger partial charge in [-0.05, 0) is 12.2 Å². The van der Waals surface area contributed by atoms with Gasteiger partial charge in [-0.15, -0.1) is 0 Å². The van der Waals surface area contributed by atoms with E-state index < -0.39 is 0 Å². The Kier molecular flexibility index (Phi) is 3.23. The second kappa shape index (κ2) is 4.47. The fourth-order valence-corrected chi connectivity index (χ4v) is 2.74. The van der Waals surface area contributed by atoms with E-state index in [2.05, 4.69) is 18.4 Å². The molecule has 2 aliphatic rings. The quantitative estimate of drug-likeness (QED) is 0.509. The van der Waals surface area contributed by atoms with E-state index in [1.54, 1.807) is 0 Å². The Labute approximate surface area is 98.6 Å². The lowest BCUT2D eigenvalue weighted by molar-refractivity contribution is -0.828. The molecule has 0 aliphatic carbocycles. The lowest BCUT2D eigenvalue weighted by atomic mass is 10.3. The molecule has 2 saturated heterocycles. The maximum atomic E-state index is 11.3. The average Bonchev–Trinajstić information content (AvgIpc) is 2.70. The van der Waals surface area contributed by atoms with E-state index in [0.717, 1.165) is 6.42 Å². The van der Waals surface area contributed by atoms with Crippen molar-refractivity contribution in [3.8, 4) is 0 Å². The van der Waals surface area contributed by atoms with Crippen LogP contribution in [0.25, 0.3) is 0 Å². The van der Waals surface area contributed by atoms with E-state index in [9.17, 15) is 4.79 Å². The first kappa shape index (κ1) is 10.9. The first-order valence-corrected chi connectivity index (χ1v) is 6.16. The average molecular weight is 241 g/mol. The highest BCUT2D eigenvalue weighted by Gasteiger charge is 2.22. The predicted octanol–water partition coefficient (Wildman–Crippen LogP) is 0.211. The summed E-state index contributed by atoms with van der Waals surface area (Å²) in [6.07, 6.45) is 6.30. The molecule has 1 unspecified atom stereocenters. The van der Waals surface area contributed by atoms with Gasteiger partial charge in [-0.2, -0.15) is 0 Å². The van der Waals surface area contributed by atoms with Gasteiger partial charge in [0.2, 0.25) is 0 Å². The van der Waals surface area contributed by atoms with Crippen LogP contribution in [0.15, 0.2) is 22.8 Å². The zero-order chi connectivity index (χ0) is 10.8. The van der Waals surface area contributed by atoms with Crippen molar-refractivity contribution in [3.05, 3.63) is 22.8 Å². The Balaban J connectivity index is 2.11. The van der Waals surface area contributed by atoms with E-state index >= 15 is 0 Å². The van der Waals surface area contributed by atoms with Gasteiger partial charge in [0.1, 0.15) is 10.0 Å². The maximum Gasteiger partial charge on any atom is 0.263 e. The molecule has 0 aromatic heterocycles. The SMILES string of the molecule is C[NH+]1CCCC1=CC=C1SC(=S)NC1=O. The van der Waals surface area contributed by atoms with Crippen LogP contribution in [0.2, 0.25) is 0 Å². The standard InChI is InChI=1S/C10H12N2OS2/c1-12-6-2-3-7(12)4-5-8-9(13)11-10(14)15-8/h4-5H,2-3,6H2,1H3,(H,11,13,14)/p+1. The minimum absolute atomic E-state index is 0.0718. The van der Waals surface area contributed by atoms with E-state index in [1.165, 1.54) is 35.3 Å². The zero-order valence-corrected chi connectivity index (χ0v) is 10.1. The normalized spacial score (nSPS) is 31.7. The van der Waals surface area contributed by atoms with Crippen LogP contribution >= 0.6 is 24.0 Å². The number of thioether (sulfide) groups is 1. The molecule has 1 amide bonds. The van der Waals surface area contributed by atoms with Crippen LogP contribution in [0.5, 0.6) is 0 Å². The van der Waals surface area contributed by atoms with Crippen LogP contribution in [0.4, 0.5) is 0 Å². The summed E-state index contributed by atoms with van der Waals surface area (Å²) in [5.41, 5.74) is 1.37. The number of carbonyl (C=O) groups is 1. The third-order valence-electron chi connectivity index (χ3n) is 2.62. The number of carbonyl (C=O) groups excluding carboxylic acids is 1. The summed E-state index contributed by atoms with van der Waals surface area (Å²) in [6, 6.07) is 0. The Morgan fingerprint density at radius 1 is 1.53 bits per heavy atom. The van der Waals surface area contributed by atoms with Gasteiger partial charge in [0.05, 0.1) is 18.5 Å². The van der Waals surface area contributed by atoms with Crippen molar-refractivity contribution in [1.82, 2.24) is 5.32 Å². The molecule has 3 nitrogen and oxygen atoms in total. The molecule has 0 spiro atoms. The first-order chi connectivity index (χ1) is 7.16. The van der Waals surface area contributed by atoms with Gasteiger partial charge >= 0.3 is 0 Å². The van der Waals surface area contributed by atoms with Crippen molar-refractivity contribution >= 4 is 34.2 Å². The summed E-state index contributed by atoms with van der Waals surface area (Å²) in [6.45, 7) is 1.19. The molecule has 2 fully saturated rings. The van der Waals surface area contributed by atoms with Crippen LogP contribution in [0, 0.1) is 0 Å². The summed E-state index contributed by atoms with van der Waals surface area (Å²) in [4.78, 5) is 13.5. The number of nitrogens with one attached hydrogen (secondary N) is 2. The van der Waals surface area contributed by atoms with Crippen LogP contribution in [0.1, 0.15) is 12.8 Å². The van der Waals surface area contributed by atoms with Crippen molar-refractivity contribution in [2.75, 3.05) is 13.6 Å². The highest BCUT2D eigenvalue weighted by Crippen LogP contribution is 2.23. The number of hydrogen-bond acceptors (Lipinski definition) is 3. The zero-order valence-electron chi connectivity index (χ0n) is 8.50. The summed E-state index contributed by atoms with van der Waals surface area (Å²) in [5.74, 6) is -0.0718. The van der Waals surface area contributed by atoms with Gasteiger partial charge in [0.15, 0.2) is 0 Å². The Morgan fingerprint density at radius 2 is 2.33 bits per heavy atom. The number of allylic oxidation sites excluding steroid dienone is 3. The van der Waals surface area contributed by atoms with E-state index in [0.29, 0.717) is 9.23 Å². The summed E-state index contributed by atoms with van der Waals surface area (Å²) in [5, 5.41) is 2.60. The van der Waals surface area contributed by atoms with E-state index in [4.69, 9.17) is 12.2 Å². The molecule has 2 aliphatic heterocycles. The molecule has 1 atom stereocenters. The van der Waals surface area contributed by atoms with Crippen LogP contribution < -0.4 is 10.2 Å². The van der Waals surface area contributed by atoms with E-state index in [-0.39, 0.29) is 5.91 Å². The highest BCUT2D eigenvalue weighted by molar-refractivity contribution is 8.26. The number of hydrogen-bond donors (Lipinski definition) is 2. The van der Waals surface area contributed by atoms with Crippen LogP contribution in [-0.4, -0.2) is 23.8 Å². The van der Waals surface area contributed by atoms with Gasteiger partial charge in [-0.3, -0.25) is 4.79 Å². The second-order valence-corrected chi connectivity index (χ2v) is 5.42. The molecule has 0 radical (unpaired) electrons. The van der Waals surface area contributed by atoms with Crippen molar-refractivity contribution in [1.29, 1.82) is 0 Å². The summed E-state index contributed by atoms with van der Waals surface area (Å²) < 4.78 is 0.553. The van der Waals surface area contributed by atoms with Crippen molar-refractivity contribution in [3.63, 3.8) is 0 Å². The van der Waals surface area contributed by atoms with Gasteiger partial charge in [0, 0.05) is 12.8 Å². The minimum Gasteiger partial charge on any atom is -0.308 e. The van der Waals surface area contributed by atoms with Gasteiger partial charge < -0.3 is 10.2 Å². The maximum absolute atomic E-state index is 11.3. The van der Waals surface area contributed by atoms with Crippen LogP contribution in [-0.2, 0) is 4.79 Å². The molecule has 2 heterocycles. The van der Waals surface area contributed by atoms with E-state index in [1.807, 2.05) is 6.08 Å². The largest absolute Gasteiger partial charge is 0.308 e. The Hall–Kier alpha value is -0.650. The topological polar surface area (TPSA) is 33.5 Å². The molecule has 2 rings (SSSR count). The molecule has 0 aromatic rings. The summed E-state index contributed by atoms with van der Waals surface area (Å²) in [7, 11) is 2.16. The fraction of sp³-hybridized carbons (Fsp3) is 0.400. The van der Waals surface area contributed by atoms with Crippen LogP contribution in [0.3, 0.4) is 0 Å². The molecular formula is C10H13N2OS2+. The number of likely N-dealkylation sites (tertiary alicyclic amines) is 1. The molecule has 5 heteroatoms. The highest BCUT2D eigenvalue weighted by atomic mass is 32.2. The Morgan fingerprint density at radius 3 is 2.87 bits per heavy atom. The third-order valence-corrected chi connectivity index (χ3v) is 3.80. The molecule has 2 N–H and O–H groups in total. The molecule has 0 aromatic carbocycles. The minimum atomic E-state index is -0.0718. The molecule has 80 valence electrons. The molecule has 0 bridgehead atoms. The van der Waals surface area contributed by atoms with Gasteiger partial charge in [-0.1, -0.05) is 24.0 Å². The number of amides is 1. The monoisotopic (exact) mass is 241 g/mol. The smallest absolute Gasteiger partial charge is 0.263 e. The number of thiocarbonyl (C=S) groups is 1. The lowest BCUT2D eigenvalue weighted by Gasteiger charge is -2.04. The second-order valence-electron chi connectivity index (χ2n) is 3.70. The van der Waals surface area contributed by atoms with Crippen molar-refractivity contribution < 1.29 is 9.69 Å². The van der Waals surface area contributed by atoms with Crippen molar-refractivity contribution in [2.45, 2.75) is 12.8 Å². The fourth-order valence-electron chi connectivity index (χ4n) is 1.76. The predicted molar refractivity (Wildman–Crippen MR) is 65.5 cm³/mol. The number of quaternary nitrogens is 1. The summed E-state index contributed by atoms with van der Waals surface area (Å²) >= 11 is 6.25. The Bertz CT molecular complexity index is 374. The molecule has 0 saturated carbocycles. The van der Waals surface area contributed by atoms with Crippen molar-refractivity contribution in [2.24, 2.45) is 0 Å². The number of rotatable bonds is 1. The lowest BCUT2D eigenvalue weighted by Crippen LogP contribution is -3.04. The third kappa shape index (κ3) is 2.48. The van der Waals surface area contributed by atoms with Gasteiger partial charge in [0.25, 0.3) is 5.91 Å².